The van der Waals surface area contributed by atoms with E-state index in [1.165, 1.54) is 0 Å². The first kappa shape index (κ1) is 13.9. The second-order valence-corrected chi connectivity index (χ2v) is 4.16. The van der Waals surface area contributed by atoms with E-state index in [9.17, 15) is 5.11 Å². The number of rotatable bonds is 0. The Kier molecular flexibility index (Phi) is 4.24. The summed E-state index contributed by atoms with van der Waals surface area (Å²) in [6, 6.07) is 18.8. The zero-order valence-electron chi connectivity index (χ0n) is 10.6. The first-order chi connectivity index (χ1) is 9.33. The second-order valence-electron chi connectivity index (χ2n) is 4.16. The molecule has 0 bridgehead atoms. The highest BCUT2D eigenvalue weighted by atomic mass is 35.5. The summed E-state index contributed by atoms with van der Waals surface area (Å²) in [6.07, 6.45) is 0. The summed E-state index contributed by atoms with van der Waals surface area (Å²) in [6.45, 7) is 0. The number of para-hydroxylation sites is 2. The van der Waals surface area contributed by atoms with Gasteiger partial charge in [0.05, 0.1) is 11.1 Å². The summed E-state index contributed by atoms with van der Waals surface area (Å²) in [4.78, 5) is 4.46. The molecule has 0 radical (unpaired) electrons. The van der Waals surface area contributed by atoms with E-state index in [-0.39, 0.29) is 18.2 Å². The Bertz CT molecular complexity index is 802. The number of pyridine rings is 1. The average molecular weight is 282 g/mol. The monoisotopic (exact) mass is 281 g/mol. The van der Waals surface area contributed by atoms with Crippen LogP contribution in [0.4, 0.5) is 0 Å². The van der Waals surface area contributed by atoms with Gasteiger partial charge in [0.25, 0.3) is 0 Å². The van der Waals surface area contributed by atoms with Crippen LogP contribution in [0.2, 0.25) is 0 Å². The van der Waals surface area contributed by atoms with Gasteiger partial charge in [-0.1, -0.05) is 42.3 Å². The highest BCUT2D eigenvalue weighted by molar-refractivity contribution is 5.85. The molecule has 0 atom stereocenters. The molecule has 0 fully saturated rings. The van der Waals surface area contributed by atoms with Crippen LogP contribution in [0.15, 0.2) is 60.7 Å². The quantitative estimate of drug-likeness (QED) is 0.637. The number of phenols is 1. The Hall–Kier alpha value is -2.50. The van der Waals surface area contributed by atoms with E-state index in [1.807, 2.05) is 42.5 Å². The van der Waals surface area contributed by atoms with Crippen molar-refractivity contribution >= 4 is 23.3 Å². The molecule has 0 spiro atoms. The van der Waals surface area contributed by atoms with Gasteiger partial charge in [0.1, 0.15) is 11.4 Å². The number of aromatic nitrogens is 1. The van der Waals surface area contributed by atoms with Crippen molar-refractivity contribution in [2.24, 2.45) is 0 Å². The summed E-state index contributed by atoms with van der Waals surface area (Å²) in [7, 11) is 0. The normalized spacial score (nSPS) is 9.40. The van der Waals surface area contributed by atoms with Crippen LogP contribution in [0.1, 0.15) is 11.3 Å². The van der Waals surface area contributed by atoms with Crippen LogP contribution in [-0.2, 0) is 0 Å². The van der Waals surface area contributed by atoms with Crippen molar-refractivity contribution in [2.45, 2.75) is 0 Å². The Morgan fingerprint density at radius 2 is 1.55 bits per heavy atom. The number of halogens is 1. The molecule has 0 unspecified atom stereocenters. The van der Waals surface area contributed by atoms with Crippen molar-refractivity contribution in [2.75, 3.05) is 0 Å². The van der Waals surface area contributed by atoms with Gasteiger partial charge < -0.3 is 5.11 Å². The van der Waals surface area contributed by atoms with E-state index in [1.54, 1.807) is 18.2 Å². The van der Waals surface area contributed by atoms with E-state index in [2.05, 4.69) is 16.8 Å². The van der Waals surface area contributed by atoms with E-state index < -0.39 is 0 Å². The summed E-state index contributed by atoms with van der Waals surface area (Å²) < 4.78 is 0. The molecular formula is C17H12ClNO. The standard InChI is InChI=1S/C17H11NO.ClH/c19-17-8-4-2-6-14(17)10-12-15-11-9-13-5-1-3-7-16(13)18-15;/h1-9,11,19H;1H. The third-order valence-electron chi connectivity index (χ3n) is 2.83. The fourth-order valence-electron chi connectivity index (χ4n) is 1.85. The van der Waals surface area contributed by atoms with Crippen molar-refractivity contribution in [1.29, 1.82) is 0 Å². The Morgan fingerprint density at radius 1 is 0.800 bits per heavy atom. The predicted octanol–water partition coefficient (Wildman–Crippen LogP) is 3.76. The zero-order valence-corrected chi connectivity index (χ0v) is 11.4. The van der Waals surface area contributed by atoms with Gasteiger partial charge in [0.2, 0.25) is 0 Å². The van der Waals surface area contributed by atoms with Gasteiger partial charge in [-0.2, -0.15) is 0 Å². The molecule has 0 saturated carbocycles. The van der Waals surface area contributed by atoms with Gasteiger partial charge in [-0.3, -0.25) is 0 Å². The largest absolute Gasteiger partial charge is 0.507 e. The topological polar surface area (TPSA) is 33.1 Å². The van der Waals surface area contributed by atoms with Gasteiger partial charge in [-0.05, 0) is 30.2 Å². The fraction of sp³-hybridized carbons (Fsp3) is 0. The molecule has 0 aliphatic rings. The molecule has 0 aliphatic heterocycles. The molecule has 0 amide bonds. The summed E-state index contributed by atoms with van der Waals surface area (Å²) >= 11 is 0. The summed E-state index contributed by atoms with van der Waals surface area (Å²) in [5.41, 5.74) is 2.23. The first-order valence-electron chi connectivity index (χ1n) is 5.99. The van der Waals surface area contributed by atoms with Crippen molar-refractivity contribution in [1.82, 2.24) is 4.98 Å². The Morgan fingerprint density at radius 3 is 2.40 bits per heavy atom. The molecule has 0 saturated heterocycles. The lowest BCUT2D eigenvalue weighted by molar-refractivity contribution is 0.473. The molecule has 1 aromatic heterocycles. The van der Waals surface area contributed by atoms with E-state index in [4.69, 9.17) is 0 Å². The van der Waals surface area contributed by atoms with Crippen molar-refractivity contribution in [3.63, 3.8) is 0 Å². The third-order valence-corrected chi connectivity index (χ3v) is 2.83. The molecular weight excluding hydrogens is 270 g/mol. The number of benzene rings is 2. The van der Waals surface area contributed by atoms with Gasteiger partial charge in [0, 0.05) is 5.39 Å². The molecule has 3 heteroatoms. The van der Waals surface area contributed by atoms with E-state index in [0.717, 1.165) is 10.9 Å². The van der Waals surface area contributed by atoms with Crippen molar-refractivity contribution in [3.05, 3.63) is 71.9 Å². The fourth-order valence-corrected chi connectivity index (χ4v) is 1.85. The number of nitrogens with zero attached hydrogens (tertiary/aromatic N) is 1. The average Bonchev–Trinajstić information content (AvgIpc) is 2.46. The summed E-state index contributed by atoms with van der Waals surface area (Å²) in [5.74, 6) is 6.09. The zero-order chi connectivity index (χ0) is 13.1. The van der Waals surface area contributed by atoms with Crippen LogP contribution in [0, 0.1) is 11.8 Å². The van der Waals surface area contributed by atoms with Crippen LogP contribution in [-0.4, -0.2) is 10.1 Å². The van der Waals surface area contributed by atoms with Crippen molar-refractivity contribution in [3.8, 4) is 17.6 Å². The third kappa shape index (κ3) is 2.90. The van der Waals surface area contributed by atoms with Crippen LogP contribution in [0.5, 0.6) is 5.75 Å². The SMILES string of the molecule is Cl.Oc1ccccc1C#Cc1ccc2ccccc2n1. The molecule has 1 N–H and O–H groups in total. The number of fused-ring (bicyclic) bond motifs is 1. The lowest BCUT2D eigenvalue weighted by Crippen LogP contribution is -1.84. The molecule has 2 aromatic carbocycles. The molecule has 98 valence electrons. The minimum atomic E-state index is 0. The van der Waals surface area contributed by atoms with Gasteiger partial charge in [0.15, 0.2) is 0 Å². The summed E-state index contributed by atoms with van der Waals surface area (Å²) in [5, 5.41) is 10.7. The van der Waals surface area contributed by atoms with Gasteiger partial charge in [-0.15, -0.1) is 12.4 Å². The molecule has 3 rings (SSSR count). The van der Waals surface area contributed by atoms with E-state index in [0.29, 0.717) is 11.3 Å². The predicted molar refractivity (Wildman–Crippen MR) is 83.1 cm³/mol. The molecule has 20 heavy (non-hydrogen) atoms. The van der Waals surface area contributed by atoms with Gasteiger partial charge >= 0.3 is 0 Å². The molecule has 0 aliphatic carbocycles. The maximum absolute atomic E-state index is 9.64. The molecule has 1 heterocycles. The second kappa shape index (κ2) is 6.10. The lowest BCUT2D eigenvalue weighted by atomic mass is 10.2. The minimum absolute atomic E-state index is 0. The van der Waals surface area contributed by atoms with Crippen LogP contribution in [0.25, 0.3) is 10.9 Å². The minimum Gasteiger partial charge on any atom is -0.507 e. The highest BCUT2D eigenvalue weighted by Gasteiger charge is 1.96. The highest BCUT2D eigenvalue weighted by Crippen LogP contribution is 2.14. The number of hydrogen-bond donors (Lipinski definition) is 1. The molecule has 3 aromatic rings. The van der Waals surface area contributed by atoms with Crippen LogP contribution >= 0.6 is 12.4 Å². The lowest BCUT2D eigenvalue weighted by Gasteiger charge is -1.97. The van der Waals surface area contributed by atoms with Gasteiger partial charge in [-0.25, -0.2) is 4.98 Å². The Balaban J connectivity index is 0.00000147. The number of hydrogen-bond acceptors (Lipinski definition) is 2. The number of phenolic OH excluding ortho intramolecular Hbond substituents is 1. The van der Waals surface area contributed by atoms with Crippen molar-refractivity contribution < 1.29 is 5.11 Å². The van der Waals surface area contributed by atoms with E-state index >= 15 is 0 Å². The van der Waals surface area contributed by atoms with Crippen LogP contribution < -0.4 is 0 Å². The maximum Gasteiger partial charge on any atom is 0.131 e. The Labute approximate surface area is 123 Å². The molecule has 2 nitrogen and oxygen atoms in total. The van der Waals surface area contributed by atoms with Crippen LogP contribution in [0.3, 0.4) is 0 Å². The number of aromatic hydroxyl groups is 1. The first-order valence-corrected chi connectivity index (χ1v) is 5.99. The smallest absolute Gasteiger partial charge is 0.131 e. The maximum atomic E-state index is 9.64.